The monoisotopic (exact) mass is 402 g/mol. The van der Waals surface area contributed by atoms with Crippen molar-refractivity contribution in [2.45, 2.75) is 52.2 Å². The van der Waals surface area contributed by atoms with Crippen molar-refractivity contribution in [1.29, 1.82) is 0 Å². The Hall–Kier alpha value is -2.44. The highest BCUT2D eigenvalue weighted by atomic mass is 35.5. The van der Waals surface area contributed by atoms with E-state index in [0.717, 1.165) is 5.56 Å². The van der Waals surface area contributed by atoms with Crippen LogP contribution in [-0.4, -0.2) is 32.1 Å². The first-order chi connectivity index (χ1) is 13.0. The first-order valence-corrected chi connectivity index (χ1v) is 9.40. The zero-order valence-corrected chi connectivity index (χ0v) is 17.3. The van der Waals surface area contributed by atoms with E-state index in [1.54, 1.807) is 39.8 Å². The van der Waals surface area contributed by atoms with Gasteiger partial charge in [-0.3, -0.25) is 4.79 Å². The maximum absolute atomic E-state index is 13.1. The second kappa shape index (κ2) is 7.18. The molecule has 0 atom stereocenters. The second-order valence-electron chi connectivity index (χ2n) is 7.63. The largest absolute Gasteiger partial charge is 0.508 e. The third kappa shape index (κ3) is 3.75. The number of aromatic nitrogens is 2. The summed E-state index contributed by atoms with van der Waals surface area (Å²) in [5.74, 6) is 0.0788. The number of ketones is 1. The lowest BCUT2D eigenvalue weighted by Crippen LogP contribution is -2.49. The number of hydrogen-bond donors (Lipinski definition) is 1. The van der Waals surface area contributed by atoms with Crippen molar-refractivity contribution >= 4 is 23.0 Å². The summed E-state index contributed by atoms with van der Waals surface area (Å²) in [6.07, 6.45) is 3.55. The van der Waals surface area contributed by atoms with Crippen LogP contribution < -0.4 is 4.74 Å². The van der Waals surface area contributed by atoms with E-state index >= 15 is 0 Å². The van der Waals surface area contributed by atoms with Crippen molar-refractivity contribution < 1.29 is 19.4 Å². The summed E-state index contributed by atoms with van der Waals surface area (Å²) in [5, 5.41) is 11.2. The topological polar surface area (TPSA) is 81.5 Å². The minimum absolute atomic E-state index is 0.0913. The molecule has 1 aromatic carbocycles. The Balaban J connectivity index is 2.11. The standard InChI is InChI=1S/C21H23ClN2O4/c1-6-12-7-8-14(27-19-23-10-13(22)11-24-19)9-15(12)16-17(25)20(2,3)28-21(4,5)18(16)26/h7-11,25H,6H2,1-5H3. The minimum Gasteiger partial charge on any atom is -0.508 e. The Labute approximate surface area is 169 Å². The molecule has 28 heavy (non-hydrogen) atoms. The van der Waals surface area contributed by atoms with E-state index in [2.05, 4.69) is 9.97 Å². The number of carbonyl (C=O) groups is 1. The fourth-order valence-electron chi connectivity index (χ4n) is 3.31. The van der Waals surface area contributed by atoms with Gasteiger partial charge in [-0.15, -0.1) is 0 Å². The van der Waals surface area contributed by atoms with Crippen LogP contribution in [-0.2, 0) is 16.0 Å². The zero-order chi connectivity index (χ0) is 20.7. The molecule has 1 aliphatic heterocycles. The SMILES string of the molecule is CCc1ccc(Oc2ncc(Cl)cn2)cc1C1=C(O)C(C)(C)OC(C)(C)C1=O. The Morgan fingerprint density at radius 2 is 1.79 bits per heavy atom. The average molecular weight is 403 g/mol. The van der Waals surface area contributed by atoms with E-state index in [4.69, 9.17) is 21.1 Å². The molecule has 3 rings (SSSR count). The summed E-state index contributed by atoms with van der Waals surface area (Å²) >= 11 is 5.80. The fourth-order valence-corrected chi connectivity index (χ4v) is 3.41. The molecule has 7 heteroatoms. The quantitative estimate of drug-likeness (QED) is 0.782. The van der Waals surface area contributed by atoms with Crippen molar-refractivity contribution in [3.63, 3.8) is 0 Å². The van der Waals surface area contributed by atoms with Crippen molar-refractivity contribution in [2.24, 2.45) is 0 Å². The molecule has 148 valence electrons. The van der Waals surface area contributed by atoms with Crippen molar-refractivity contribution in [3.8, 4) is 11.8 Å². The first kappa shape index (κ1) is 20.3. The van der Waals surface area contributed by atoms with Gasteiger partial charge in [0.25, 0.3) is 0 Å². The average Bonchev–Trinajstić information content (AvgIpc) is 2.62. The summed E-state index contributed by atoms with van der Waals surface area (Å²) in [5.41, 5.74) is -0.283. The Morgan fingerprint density at radius 1 is 1.14 bits per heavy atom. The van der Waals surface area contributed by atoms with Gasteiger partial charge in [0.15, 0.2) is 5.78 Å². The summed E-state index contributed by atoms with van der Waals surface area (Å²) in [6, 6.07) is 5.50. The lowest BCUT2D eigenvalue weighted by Gasteiger charge is -2.40. The number of rotatable bonds is 4. The smallest absolute Gasteiger partial charge is 0.321 e. The molecule has 0 unspecified atom stereocenters. The molecule has 1 aromatic heterocycles. The Bertz CT molecular complexity index is 949. The predicted octanol–water partition coefficient (Wildman–Crippen LogP) is 4.91. The molecule has 0 fully saturated rings. The molecule has 6 nitrogen and oxygen atoms in total. The molecule has 2 aromatic rings. The van der Waals surface area contributed by atoms with Gasteiger partial charge in [0, 0.05) is 0 Å². The summed E-state index contributed by atoms with van der Waals surface area (Å²) in [4.78, 5) is 21.1. The molecule has 1 N–H and O–H groups in total. The molecule has 0 spiro atoms. The van der Waals surface area contributed by atoms with Crippen LogP contribution in [0.15, 0.2) is 36.4 Å². The summed E-state index contributed by atoms with van der Waals surface area (Å²) in [6.45, 7) is 8.88. The van der Waals surface area contributed by atoms with Gasteiger partial charge in [0.05, 0.1) is 23.0 Å². The van der Waals surface area contributed by atoms with Crippen molar-refractivity contribution in [3.05, 3.63) is 52.5 Å². The molecule has 0 saturated carbocycles. The third-order valence-corrected chi connectivity index (χ3v) is 4.82. The maximum atomic E-state index is 13.1. The zero-order valence-electron chi connectivity index (χ0n) is 16.5. The predicted molar refractivity (Wildman–Crippen MR) is 107 cm³/mol. The van der Waals surface area contributed by atoms with E-state index in [-0.39, 0.29) is 23.1 Å². The molecule has 0 saturated heterocycles. The number of hydrogen-bond acceptors (Lipinski definition) is 6. The van der Waals surface area contributed by atoms with E-state index in [0.29, 0.717) is 22.8 Å². The number of ether oxygens (including phenoxy) is 2. The number of Topliss-reactive ketones (excluding diaryl/α,β-unsaturated/α-hetero) is 1. The van der Waals surface area contributed by atoms with Crippen LogP contribution in [0.25, 0.3) is 5.57 Å². The van der Waals surface area contributed by atoms with Gasteiger partial charge in [-0.2, -0.15) is 0 Å². The van der Waals surface area contributed by atoms with Crippen LogP contribution in [0.4, 0.5) is 0 Å². The number of benzene rings is 1. The van der Waals surface area contributed by atoms with Crippen LogP contribution in [0, 0.1) is 0 Å². The molecule has 0 aliphatic carbocycles. The van der Waals surface area contributed by atoms with E-state index in [9.17, 15) is 9.90 Å². The highest BCUT2D eigenvalue weighted by Crippen LogP contribution is 2.41. The molecule has 0 radical (unpaired) electrons. The number of aliphatic hydroxyl groups excluding tert-OH is 1. The molecule has 2 heterocycles. The molecular formula is C21H23ClN2O4. The second-order valence-corrected chi connectivity index (χ2v) is 8.07. The minimum atomic E-state index is -1.06. The number of halogens is 1. The highest BCUT2D eigenvalue weighted by molar-refractivity contribution is 6.30. The first-order valence-electron chi connectivity index (χ1n) is 9.02. The lowest BCUT2D eigenvalue weighted by molar-refractivity contribution is -0.158. The van der Waals surface area contributed by atoms with Gasteiger partial charge in [-0.1, -0.05) is 24.6 Å². The lowest BCUT2D eigenvalue weighted by atomic mass is 9.81. The van der Waals surface area contributed by atoms with Gasteiger partial charge >= 0.3 is 6.01 Å². The van der Waals surface area contributed by atoms with E-state index < -0.39 is 11.2 Å². The third-order valence-electron chi connectivity index (χ3n) is 4.63. The van der Waals surface area contributed by atoms with Crippen LogP contribution in [0.5, 0.6) is 11.8 Å². The van der Waals surface area contributed by atoms with Crippen LogP contribution >= 0.6 is 11.6 Å². The molecule has 1 aliphatic rings. The van der Waals surface area contributed by atoms with E-state index in [1.807, 2.05) is 13.0 Å². The summed E-state index contributed by atoms with van der Waals surface area (Å²) < 4.78 is 11.5. The maximum Gasteiger partial charge on any atom is 0.321 e. The van der Waals surface area contributed by atoms with Gasteiger partial charge in [0.1, 0.15) is 22.7 Å². The Morgan fingerprint density at radius 3 is 2.39 bits per heavy atom. The number of aryl methyl sites for hydroxylation is 1. The number of aliphatic hydroxyl groups is 1. The molecule has 0 amide bonds. The summed E-state index contributed by atoms with van der Waals surface area (Å²) in [7, 11) is 0. The van der Waals surface area contributed by atoms with Gasteiger partial charge in [-0.25, -0.2) is 9.97 Å². The van der Waals surface area contributed by atoms with Gasteiger partial charge in [-0.05, 0) is 57.4 Å². The van der Waals surface area contributed by atoms with Crippen LogP contribution in [0.1, 0.15) is 45.7 Å². The van der Waals surface area contributed by atoms with E-state index in [1.165, 1.54) is 12.4 Å². The normalized spacial score (nSPS) is 18.3. The van der Waals surface area contributed by atoms with Gasteiger partial charge < -0.3 is 14.6 Å². The van der Waals surface area contributed by atoms with Gasteiger partial charge in [0.2, 0.25) is 0 Å². The van der Waals surface area contributed by atoms with Crippen LogP contribution in [0.2, 0.25) is 5.02 Å². The Kier molecular flexibility index (Phi) is 5.21. The number of nitrogens with zero attached hydrogens (tertiary/aromatic N) is 2. The van der Waals surface area contributed by atoms with Crippen molar-refractivity contribution in [2.75, 3.05) is 0 Å². The van der Waals surface area contributed by atoms with Crippen LogP contribution in [0.3, 0.4) is 0 Å². The fraction of sp³-hybridized carbons (Fsp3) is 0.381. The highest BCUT2D eigenvalue weighted by Gasteiger charge is 2.47. The number of carbonyl (C=O) groups excluding carboxylic acids is 1. The molecular weight excluding hydrogens is 380 g/mol. The van der Waals surface area contributed by atoms with Crippen molar-refractivity contribution in [1.82, 2.24) is 9.97 Å². The molecule has 0 bridgehead atoms.